The third kappa shape index (κ3) is 2.82. The van der Waals surface area contributed by atoms with Gasteiger partial charge in [0, 0.05) is 51.0 Å². The molecule has 0 spiro atoms. The summed E-state index contributed by atoms with van der Waals surface area (Å²) in [5.74, 6) is 0.132. The molecule has 98 valence electrons. The number of piperazine rings is 1. The fourth-order valence-corrected chi connectivity index (χ4v) is 2.22. The molecule has 1 aliphatic heterocycles. The first-order chi connectivity index (χ1) is 8.58. The maximum atomic E-state index is 12.4. The molecule has 0 bridgehead atoms. The normalized spacial score (nSPS) is 19.7. The van der Waals surface area contributed by atoms with E-state index < -0.39 is 0 Å². The zero-order valence-corrected chi connectivity index (χ0v) is 11.3. The molecular formula is C14H21N3O. The molecular weight excluding hydrogens is 226 g/mol. The largest absolute Gasteiger partial charge is 0.378 e. The lowest BCUT2D eigenvalue weighted by Gasteiger charge is -2.32. The van der Waals surface area contributed by atoms with Gasteiger partial charge in [-0.1, -0.05) is 6.07 Å². The number of rotatable bonds is 2. The number of carbonyl (C=O) groups excluding carboxylic acids is 1. The predicted molar refractivity (Wildman–Crippen MR) is 74.1 cm³/mol. The van der Waals surface area contributed by atoms with Gasteiger partial charge in [0.25, 0.3) is 5.91 Å². The molecule has 1 fully saturated rings. The minimum atomic E-state index is 0.132. The molecule has 1 aromatic rings. The summed E-state index contributed by atoms with van der Waals surface area (Å²) < 4.78 is 0. The van der Waals surface area contributed by atoms with Crippen LogP contribution in [0, 0.1) is 0 Å². The average molecular weight is 247 g/mol. The van der Waals surface area contributed by atoms with Crippen LogP contribution < -0.4 is 10.2 Å². The third-order valence-electron chi connectivity index (χ3n) is 3.27. The minimum Gasteiger partial charge on any atom is -0.378 e. The van der Waals surface area contributed by atoms with Crippen molar-refractivity contribution in [1.82, 2.24) is 10.2 Å². The first-order valence-corrected chi connectivity index (χ1v) is 6.38. The number of hydrogen-bond acceptors (Lipinski definition) is 3. The quantitative estimate of drug-likeness (QED) is 0.852. The zero-order valence-electron chi connectivity index (χ0n) is 11.3. The van der Waals surface area contributed by atoms with Crippen LogP contribution >= 0.6 is 0 Å². The van der Waals surface area contributed by atoms with Crippen LogP contribution in [0.5, 0.6) is 0 Å². The number of hydrogen-bond donors (Lipinski definition) is 1. The second-order valence-corrected chi connectivity index (χ2v) is 5.05. The van der Waals surface area contributed by atoms with Crippen molar-refractivity contribution in [2.75, 3.05) is 38.6 Å². The Hall–Kier alpha value is -1.55. The summed E-state index contributed by atoms with van der Waals surface area (Å²) >= 11 is 0. The molecule has 0 saturated carbocycles. The zero-order chi connectivity index (χ0) is 13.1. The smallest absolute Gasteiger partial charge is 0.254 e. The van der Waals surface area contributed by atoms with Crippen molar-refractivity contribution in [2.24, 2.45) is 0 Å². The van der Waals surface area contributed by atoms with E-state index in [-0.39, 0.29) is 5.91 Å². The highest BCUT2D eigenvalue weighted by Crippen LogP contribution is 2.15. The van der Waals surface area contributed by atoms with Gasteiger partial charge in [-0.2, -0.15) is 0 Å². The number of nitrogens with zero attached hydrogens (tertiary/aromatic N) is 2. The number of anilines is 1. The molecule has 4 heteroatoms. The molecule has 0 aliphatic carbocycles. The van der Waals surface area contributed by atoms with Gasteiger partial charge in [-0.25, -0.2) is 0 Å². The van der Waals surface area contributed by atoms with E-state index in [1.807, 2.05) is 48.2 Å². The van der Waals surface area contributed by atoms with Gasteiger partial charge in [-0.05, 0) is 25.1 Å². The van der Waals surface area contributed by atoms with Crippen molar-refractivity contribution in [1.29, 1.82) is 0 Å². The van der Waals surface area contributed by atoms with Crippen LogP contribution in [-0.4, -0.2) is 50.6 Å². The molecule has 0 radical (unpaired) electrons. The van der Waals surface area contributed by atoms with E-state index in [0.717, 1.165) is 30.9 Å². The summed E-state index contributed by atoms with van der Waals surface area (Å²) in [5.41, 5.74) is 1.83. The second-order valence-electron chi connectivity index (χ2n) is 5.05. The van der Waals surface area contributed by atoms with Gasteiger partial charge in [0.05, 0.1) is 0 Å². The van der Waals surface area contributed by atoms with Crippen LogP contribution in [0.15, 0.2) is 24.3 Å². The summed E-state index contributed by atoms with van der Waals surface area (Å²) in [6.45, 7) is 4.55. The Morgan fingerprint density at radius 1 is 1.44 bits per heavy atom. The van der Waals surface area contributed by atoms with Crippen molar-refractivity contribution >= 4 is 11.6 Å². The summed E-state index contributed by atoms with van der Waals surface area (Å²) in [6, 6.07) is 8.17. The van der Waals surface area contributed by atoms with Crippen LogP contribution in [0.2, 0.25) is 0 Å². The Balaban J connectivity index is 2.15. The fourth-order valence-electron chi connectivity index (χ4n) is 2.22. The Morgan fingerprint density at radius 3 is 2.89 bits per heavy atom. The van der Waals surface area contributed by atoms with Crippen LogP contribution in [0.1, 0.15) is 17.3 Å². The Labute approximate surface area is 109 Å². The van der Waals surface area contributed by atoms with Gasteiger partial charge in [0.2, 0.25) is 0 Å². The Bertz CT molecular complexity index is 431. The molecule has 1 atom stereocenters. The van der Waals surface area contributed by atoms with Crippen molar-refractivity contribution in [3.05, 3.63) is 29.8 Å². The van der Waals surface area contributed by atoms with Gasteiger partial charge in [0.1, 0.15) is 0 Å². The predicted octanol–water partition coefficient (Wildman–Crippen LogP) is 1.19. The van der Waals surface area contributed by atoms with E-state index in [0.29, 0.717) is 6.04 Å². The van der Waals surface area contributed by atoms with E-state index >= 15 is 0 Å². The maximum Gasteiger partial charge on any atom is 0.254 e. The van der Waals surface area contributed by atoms with E-state index in [1.165, 1.54) is 0 Å². The summed E-state index contributed by atoms with van der Waals surface area (Å²) in [7, 11) is 3.97. The van der Waals surface area contributed by atoms with Crippen LogP contribution in [-0.2, 0) is 0 Å². The third-order valence-corrected chi connectivity index (χ3v) is 3.27. The molecule has 2 rings (SSSR count). The highest BCUT2D eigenvalue weighted by atomic mass is 16.2. The molecule has 0 aromatic heterocycles. The maximum absolute atomic E-state index is 12.4. The van der Waals surface area contributed by atoms with Gasteiger partial charge in [-0.15, -0.1) is 0 Å². The molecule has 18 heavy (non-hydrogen) atoms. The first kappa shape index (κ1) is 12.9. The molecule has 1 amide bonds. The van der Waals surface area contributed by atoms with Gasteiger partial charge >= 0.3 is 0 Å². The monoisotopic (exact) mass is 247 g/mol. The SMILES string of the molecule is C[C@@H]1CN(C(=O)c2cccc(N(C)C)c2)CCN1. The van der Waals surface area contributed by atoms with Crippen LogP contribution in [0.4, 0.5) is 5.69 Å². The number of amides is 1. The highest BCUT2D eigenvalue weighted by Gasteiger charge is 2.21. The van der Waals surface area contributed by atoms with Gasteiger partial charge in [0.15, 0.2) is 0 Å². The number of benzene rings is 1. The molecule has 1 heterocycles. The van der Waals surface area contributed by atoms with E-state index in [9.17, 15) is 4.79 Å². The topological polar surface area (TPSA) is 35.6 Å². The Morgan fingerprint density at radius 2 is 2.22 bits per heavy atom. The molecule has 1 N–H and O–H groups in total. The number of carbonyl (C=O) groups is 1. The lowest BCUT2D eigenvalue weighted by atomic mass is 10.1. The number of nitrogens with one attached hydrogen (secondary N) is 1. The van der Waals surface area contributed by atoms with Crippen LogP contribution in [0.25, 0.3) is 0 Å². The molecule has 1 aliphatic rings. The average Bonchev–Trinajstić information content (AvgIpc) is 2.38. The summed E-state index contributed by atoms with van der Waals surface area (Å²) in [4.78, 5) is 16.3. The fraction of sp³-hybridized carbons (Fsp3) is 0.500. The first-order valence-electron chi connectivity index (χ1n) is 6.38. The van der Waals surface area contributed by atoms with E-state index in [1.54, 1.807) is 0 Å². The van der Waals surface area contributed by atoms with Gasteiger partial charge < -0.3 is 15.1 Å². The summed E-state index contributed by atoms with van der Waals surface area (Å²) in [5, 5.41) is 3.35. The standard InChI is InChI=1S/C14H21N3O/c1-11-10-17(8-7-15-11)14(18)12-5-4-6-13(9-12)16(2)3/h4-6,9,11,15H,7-8,10H2,1-3H3/t11-/m1/s1. The highest BCUT2D eigenvalue weighted by molar-refractivity contribution is 5.95. The second kappa shape index (κ2) is 5.40. The summed E-state index contributed by atoms with van der Waals surface area (Å²) in [6.07, 6.45) is 0. The van der Waals surface area contributed by atoms with Gasteiger partial charge in [-0.3, -0.25) is 4.79 Å². The molecule has 0 unspecified atom stereocenters. The molecule has 1 aromatic carbocycles. The van der Waals surface area contributed by atoms with Crippen LogP contribution in [0.3, 0.4) is 0 Å². The van der Waals surface area contributed by atoms with Crippen molar-refractivity contribution in [3.8, 4) is 0 Å². The molecule has 1 saturated heterocycles. The van der Waals surface area contributed by atoms with Crippen molar-refractivity contribution < 1.29 is 4.79 Å². The Kier molecular flexibility index (Phi) is 3.87. The molecule has 4 nitrogen and oxygen atoms in total. The minimum absolute atomic E-state index is 0.132. The van der Waals surface area contributed by atoms with Crippen molar-refractivity contribution in [3.63, 3.8) is 0 Å². The lowest BCUT2D eigenvalue weighted by molar-refractivity contribution is 0.0709. The lowest BCUT2D eigenvalue weighted by Crippen LogP contribution is -2.51. The van der Waals surface area contributed by atoms with Crippen molar-refractivity contribution in [2.45, 2.75) is 13.0 Å². The van der Waals surface area contributed by atoms with E-state index in [2.05, 4.69) is 12.2 Å². The van der Waals surface area contributed by atoms with E-state index in [4.69, 9.17) is 0 Å².